The summed E-state index contributed by atoms with van der Waals surface area (Å²) in [6.45, 7) is 0. The fourth-order valence-electron chi connectivity index (χ4n) is 0.602. The van der Waals surface area contributed by atoms with Crippen molar-refractivity contribution in [3.05, 3.63) is 20.3 Å². The highest BCUT2D eigenvalue weighted by molar-refractivity contribution is 9.09. The Morgan fingerprint density at radius 2 is 2.27 bits per heavy atom. The van der Waals surface area contributed by atoms with Crippen LogP contribution in [0.5, 0.6) is 0 Å². The van der Waals surface area contributed by atoms with E-state index in [9.17, 15) is 4.79 Å². The molecule has 0 saturated heterocycles. The van der Waals surface area contributed by atoms with Crippen molar-refractivity contribution in [2.75, 3.05) is 5.33 Å². The first-order valence-corrected chi connectivity index (χ1v) is 5.38. The van der Waals surface area contributed by atoms with Crippen LogP contribution in [0.2, 0.25) is 8.67 Å². The van der Waals surface area contributed by atoms with Gasteiger partial charge in [0, 0.05) is 5.56 Å². The number of Topliss-reactive ketones (excluding diaryl/α,β-unsaturated/α-hetero) is 1. The van der Waals surface area contributed by atoms with Gasteiger partial charge in [0.15, 0.2) is 5.78 Å². The molecule has 11 heavy (non-hydrogen) atoms. The average molecular weight is 274 g/mol. The van der Waals surface area contributed by atoms with Crippen LogP contribution in [0.3, 0.4) is 0 Å². The number of alkyl halides is 1. The van der Waals surface area contributed by atoms with Crippen LogP contribution in [0, 0.1) is 0 Å². The van der Waals surface area contributed by atoms with Crippen molar-refractivity contribution in [1.29, 1.82) is 0 Å². The third kappa shape index (κ3) is 2.18. The second kappa shape index (κ2) is 3.90. The quantitative estimate of drug-likeness (QED) is 0.594. The van der Waals surface area contributed by atoms with Crippen LogP contribution >= 0.6 is 50.5 Å². The Kier molecular flexibility index (Phi) is 3.37. The van der Waals surface area contributed by atoms with Crippen molar-refractivity contribution < 1.29 is 4.79 Å². The minimum Gasteiger partial charge on any atom is -0.293 e. The molecular formula is C6H3BrCl2OS. The van der Waals surface area contributed by atoms with Crippen molar-refractivity contribution in [2.24, 2.45) is 0 Å². The maximum atomic E-state index is 11.1. The Hall–Kier alpha value is 0.430. The standard InChI is InChI=1S/C6H3BrCl2OS/c7-2-4(10)3-1-5(8)11-6(3)9/h1H,2H2. The molecule has 0 aliphatic heterocycles. The molecule has 0 fully saturated rings. The van der Waals surface area contributed by atoms with E-state index in [0.717, 1.165) is 0 Å². The van der Waals surface area contributed by atoms with E-state index < -0.39 is 0 Å². The number of carbonyl (C=O) groups is 1. The number of carbonyl (C=O) groups excluding carboxylic acids is 1. The van der Waals surface area contributed by atoms with Crippen molar-refractivity contribution in [1.82, 2.24) is 0 Å². The van der Waals surface area contributed by atoms with E-state index in [4.69, 9.17) is 23.2 Å². The third-order valence-corrected chi connectivity index (χ3v) is 3.08. The predicted molar refractivity (Wildman–Crippen MR) is 52.5 cm³/mol. The SMILES string of the molecule is O=C(CBr)c1cc(Cl)sc1Cl. The summed E-state index contributed by atoms with van der Waals surface area (Å²) in [7, 11) is 0. The zero-order valence-electron chi connectivity index (χ0n) is 5.23. The zero-order valence-corrected chi connectivity index (χ0v) is 9.15. The zero-order chi connectivity index (χ0) is 8.43. The molecule has 0 saturated carbocycles. The number of hydrogen-bond donors (Lipinski definition) is 0. The van der Waals surface area contributed by atoms with Gasteiger partial charge < -0.3 is 0 Å². The normalized spacial score (nSPS) is 10.1. The van der Waals surface area contributed by atoms with Gasteiger partial charge in [-0.2, -0.15) is 0 Å². The van der Waals surface area contributed by atoms with Crippen LogP contribution in [0.4, 0.5) is 0 Å². The lowest BCUT2D eigenvalue weighted by Gasteiger charge is -1.89. The molecule has 60 valence electrons. The van der Waals surface area contributed by atoms with E-state index >= 15 is 0 Å². The smallest absolute Gasteiger partial charge is 0.175 e. The lowest BCUT2D eigenvalue weighted by Crippen LogP contribution is -1.97. The van der Waals surface area contributed by atoms with Crippen LogP contribution in [-0.4, -0.2) is 11.1 Å². The van der Waals surface area contributed by atoms with E-state index in [1.54, 1.807) is 6.07 Å². The summed E-state index contributed by atoms with van der Waals surface area (Å²) < 4.78 is 0.999. The van der Waals surface area contributed by atoms with Gasteiger partial charge in [-0.15, -0.1) is 11.3 Å². The highest BCUT2D eigenvalue weighted by atomic mass is 79.9. The van der Waals surface area contributed by atoms with E-state index in [2.05, 4.69) is 15.9 Å². The second-order valence-electron chi connectivity index (χ2n) is 1.79. The largest absolute Gasteiger partial charge is 0.293 e. The lowest BCUT2D eigenvalue weighted by atomic mass is 10.2. The van der Waals surface area contributed by atoms with Gasteiger partial charge in [-0.3, -0.25) is 4.79 Å². The van der Waals surface area contributed by atoms with Gasteiger partial charge in [0.25, 0.3) is 0 Å². The van der Waals surface area contributed by atoms with E-state index in [-0.39, 0.29) is 11.1 Å². The highest BCUT2D eigenvalue weighted by Crippen LogP contribution is 2.31. The van der Waals surface area contributed by atoms with Gasteiger partial charge >= 0.3 is 0 Å². The fraction of sp³-hybridized carbons (Fsp3) is 0.167. The molecule has 0 amide bonds. The van der Waals surface area contributed by atoms with Crippen LogP contribution in [-0.2, 0) is 0 Å². The van der Waals surface area contributed by atoms with E-state index in [1.807, 2.05) is 0 Å². The Morgan fingerprint density at radius 1 is 1.64 bits per heavy atom. The number of hydrogen-bond acceptors (Lipinski definition) is 2. The maximum absolute atomic E-state index is 11.1. The van der Waals surface area contributed by atoms with Crippen molar-refractivity contribution in [3.63, 3.8) is 0 Å². The molecule has 1 rings (SSSR count). The highest BCUT2D eigenvalue weighted by Gasteiger charge is 2.12. The molecule has 0 N–H and O–H groups in total. The predicted octanol–water partition coefficient (Wildman–Crippen LogP) is 3.63. The molecular weight excluding hydrogens is 271 g/mol. The Morgan fingerprint density at radius 3 is 2.64 bits per heavy atom. The Balaban J connectivity index is 3.03. The Bertz CT molecular complexity index is 284. The molecule has 1 aromatic heterocycles. The van der Waals surface area contributed by atoms with E-state index in [1.165, 1.54) is 11.3 Å². The van der Waals surface area contributed by atoms with Gasteiger partial charge in [0.05, 0.1) is 9.67 Å². The van der Waals surface area contributed by atoms with Crippen LogP contribution in [0.25, 0.3) is 0 Å². The van der Waals surface area contributed by atoms with Crippen molar-refractivity contribution >= 4 is 56.3 Å². The van der Waals surface area contributed by atoms with Crippen molar-refractivity contribution in [3.8, 4) is 0 Å². The first-order valence-electron chi connectivity index (χ1n) is 2.69. The van der Waals surface area contributed by atoms with Crippen LogP contribution in [0.15, 0.2) is 6.07 Å². The summed E-state index contributed by atoms with van der Waals surface area (Å²) in [6, 6.07) is 1.58. The lowest BCUT2D eigenvalue weighted by molar-refractivity contribution is 0.102. The molecule has 1 heterocycles. The first-order chi connectivity index (χ1) is 5.15. The summed E-state index contributed by atoms with van der Waals surface area (Å²) in [5.41, 5.74) is 0.499. The molecule has 0 aromatic carbocycles. The first kappa shape index (κ1) is 9.52. The molecule has 0 unspecified atom stereocenters. The number of halogens is 3. The molecule has 1 nitrogen and oxygen atoms in total. The number of thiophene rings is 1. The summed E-state index contributed by atoms with van der Waals surface area (Å²) >= 11 is 15.6. The summed E-state index contributed by atoms with van der Waals surface area (Å²) in [5, 5.41) is 0.278. The molecule has 0 radical (unpaired) electrons. The fourth-order valence-corrected chi connectivity index (χ4v) is 2.40. The molecule has 1 aromatic rings. The monoisotopic (exact) mass is 272 g/mol. The number of rotatable bonds is 2. The summed E-state index contributed by atoms with van der Waals surface area (Å²) in [4.78, 5) is 11.1. The van der Waals surface area contributed by atoms with Gasteiger partial charge in [-0.25, -0.2) is 0 Å². The van der Waals surface area contributed by atoms with Gasteiger partial charge in [0.2, 0.25) is 0 Å². The maximum Gasteiger partial charge on any atom is 0.175 e. The number of ketones is 1. The minimum atomic E-state index is -0.0434. The minimum absolute atomic E-state index is 0.0434. The summed E-state index contributed by atoms with van der Waals surface area (Å²) in [5.74, 6) is -0.0434. The third-order valence-electron chi connectivity index (χ3n) is 1.08. The van der Waals surface area contributed by atoms with Crippen LogP contribution in [0.1, 0.15) is 10.4 Å². The molecule has 0 spiro atoms. The molecule has 0 bridgehead atoms. The van der Waals surface area contributed by atoms with E-state index in [0.29, 0.717) is 14.2 Å². The second-order valence-corrected chi connectivity index (χ2v) is 4.64. The van der Waals surface area contributed by atoms with Crippen LogP contribution < -0.4 is 0 Å². The van der Waals surface area contributed by atoms with Gasteiger partial charge in [-0.05, 0) is 6.07 Å². The molecule has 5 heteroatoms. The topological polar surface area (TPSA) is 17.1 Å². The van der Waals surface area contributed by atoms with Crippen molar-refractivity contribution in [2.45, 2.75) is 0 Å². The summed E-state index contributed by atoms with van der Waals surface area (Å²) in [6.07, 6.45) is 0. The molecule has 0 aliphatic carbocycles. The molecule has 0 atom stereocenters. The Labute approximate surface area is 86.4 Å². The molecule has 0 aliphatic rings. The van der Waals surface area contributed by atoms with Gasteiger partial charge in [0.1, 0.15) is 4.34 Å². The average Bonchev–Trinajstić information content (AvgIpc) is 2.28. The van der Waals surface area contributed by atoms with Gasteiger partial charge in [-0.1, -0.05) is 39.1 Å².